The molecule has 0 atom stereocenters. The molecule has 0 aliphatic rings. The van der Waals surface area contributed by atoms with Crippen LogP contribution in [-0.4, -0.2) is 13.7 Å². The first-order chi connectivity index (χ1) is 10.9. The van der Waals surface area contributed by atoms with Gasteiger partial charge >= 0.3 is 0 Å². The molecule has 0 aromatic heterocycles. The van der Waals surface area contributed by atoms with Crippen molar-refractivity contribution in [3.63, 3.8) is 0 Å². The molecule has 0 radical (unpaired) electrons. The second-order valence-corrected chi connectivity index (χ2v) is 5.19. The predicted molar refractivity (Wildman–Crippen MR) is 92.4 cm³/mol. The summed E-state index contributed by atoms with van der Waals surface area (Å²) in [5, 5.41) is 0. The molecular weight excluding hydrogens is 272 g/mol. The summed E-state index contributed by atoms with van der Waals surface area (Å²) in [6, 6.07) is 18.1. The van der Waals surface area contributed by atoms with Gasteiger partial charge < -0.3 is 9.47 Å². The molecular formula is C20H24O2. The van der Waals surface area contributed by atoms with E-state index in [0.717, 1.165) is 30.9 Å². The third-order valence-electron chi connectivity index (χ3n) is 3.45. The van der Waals surface area contributed by atoms with Crippen LogP contribution < -0.4 is 9.47 Å². The number of unbranched alkanes of at least 4 members (excludes halogenated alkanes) is 3. The van der Waals surface area contributed by atoms with E-state index in [1.807, 2.05) is 42.5 Å². The summed E-state index contributed by atoms with van der Waals surface area (Å²) in [7, 11) is 1.69. The molecule has 2 aromatic carbocycles. The number of benzene rings is 2. The summed E-state index contributed by atoms with van der Waals surface area (Å²) in [4.78, 5) is 0. The van der Waals surface area contributed by atoms with Crippen molar-refractivity contribution in [1.29, 1.82) is 0 Å². The fourth-order valence-electron chi connectivity index (χ4n) is 2.18. The maximum atomic E-state index is 5.67. The molecule has 0 amide bonds. The highest BCUT2D eigenvalue weighted by molar-refractivity contribution is 5.50. The molecule has 2 heteroatoms. The summed E-state index contributed by atoms with van der Waals surface area (Å²) in [5.41, 5.74) is 1.22. The lowest BCUT2D eigenvalue weighted by Crippen LogP contribution is -1.96. The van der Waals surface area contributed by atoms with E-state index in [2.05, 4.69) is 24.3 Å². The van der Waals surface area contributed by atoms with Crippen LogP contribution in [-0.2, 0) is 0 Å². The fourth-order valence-corrected chi connectivity index (χ4v) is 2.18. The molecule has 0 heterocycles. The average molecular weight is 296 g/mol. The monoisotopic (exact) mass is 296 g/mol. The number of hydrogen-bond donors (Lipinski definition) is 0. The van der Waals surface area contributed by atoms with E-state index in [-0.39, 0.29) is 0 Å². The molecule has 0 aliphatic heterocycles. The molecule has 2 nitrogen and oxygen atoms in total. The summed E-state index contributed by atoms with van der Waals surface area (Å²) >= 11 is 0. The second kappa shape index (κ2) is 9.67. The van der Waals surface area contributed by atoms with Gasteiger partial charge in [-0.05, 0) is 55.5 Å². The molecule has 2 aromatic rings. The van der Waals surface area contributed by atoms with Gasteiger partial charge in [-0.2, -0.15) is 0 Å². The van der Waals surface area contributed by atoms with Crippen molar-refractivity contribution in [2.24, 2.45) is 0 Å². The van der Waals surface area contributed by atoms with Crippen molar-refractivity contribution >= 4 is 6.08 Å². The van der Waals surface area contributed by atoms with Gasteiger partial charge in [0.25, 0.3) is 0 Å². The van der Waals surface area contributed by atoms with Crippen molar-refractivity contribution in [3.05, 3.63) is 66.2 Å². The van der Waals surface area contributed by atoms with Crippen LogP contribution in [0.15, 0.2) is 60.7 Å². The van der Waals surface area contributed by atoms with Crippen LogP contribution in [0, 0.1) is 0 Å². The smallest absolute Gasteiger partial charge is 0.119 e. The Bertz CT molecular complexity index is 544. The maximum absolute atomic E-state index is 5.67. The summed E-state index contributed by atoms with van der Waals surface area (Å²) in [6.07, 6.45) is 9.01. The molecule has 0 N–H and O–H groups in total. The van der Waals surface area contributed by atoms with E-state index in [4.69, 9.17) is 9.47 Å². The van der Waals surface area contributed by atoms with Crippen LogP contribution in [0.4, 0.5) is 0 Å². The van der Waals surface area contributed by atoms with E-state index in [1.165, 1.54) is 18.4 Å². The lowest BCUT2D eigenvalue weighted by molar-refractivity contribution is 0.305. The van der Waals surface area contributed by atoms with Crippen molar-refractivity contribution in [2.75, 3.05) is 13.7 Å². The fraction of sp³-hybridized carbons (Fsp3) is 0.300. The lowest BCUT2D eigenvalue weighted by atomic mass is 10.1. The molecule has 0 bridgehead atoms. The molecule has 0 saturated carbocycles. The number of ether oxygens (including phenoxy) is 2. The SMILES string of the molecule is COc1ccc(/C=C\CCCCCOc2ccccc2)cc1. The normalized spacial score (nSPS) is 10.8. The quantitative estimate of drug-likeness (QED) is 0.581. The molecule has 0 saturated heterocycles. The third kappa shape index (κ3) is 6.04. The molecule has 116 valence electrons. The number of hydrogen-bond acceptors (Lipinski definition) is 2. The molecule has 0 unspecified atom stereocenters. The molecule has 0 spiro atoms. The van der Waals surface area contributed by atoms with Gasteiger partial charge in [0, 0.05) is 0 Å². The Hall–Kier alpha value is -2.22. The number of rotatable bonds is 9. The van der Waals surface area contributed by atoms with E-state index < -0.39 is 0 Å². The van der Waals surface area contributed by atoms with Gasteiger partial charge in [-0.15, -0.1) is 0 Å². The van der Waals surface area contributed by atoms with Crippen LogP contribution in [0.3, 0.4) is 0 Å². The van der Waals surface area contributed by atoms with Gasteiger partial charge in [0.2, 0.25) is 0 Å². The van der Waals surface area contributed by atoms with Gasteiger partial charge in [-0.3, -0.25) is 0 Å². The maximum Gasteiger partial charge on any atom is 0.119 e. The summed E-state index contributed by atoms with van der Waals surface area (Å²) in [6.45, 7) is 0.798. The standard InChI is InChI=1S/C20H24O2/c1-21-19-15-13-18(14-16-19)10-6-3-2-4-9-17-22-20-11-7-5-8-12-20/h5-8,10-16H,2-4,9,17H2,1H3/b10-6-. The lowest BCUT2D eigenvalue weighted by Gasteiger charge is -2.04. The van der Waals surface area contributed by atoms with Gasteiger partial charge in [-0.1, -0.05) is 42.5 Å². The summed E-state index contributed by atoms with van der Waals surface area (Å²) < 4.78 is 10.8. The minimum atomic E-state index is 0.798. The van der Waals surface area contributed by atoms with Crippen LogP contribution in [0.2, 0.25) is 0 Å². The van der Waals surface area contributed by atoms with Crippen molar-refractivity contribution < 1.29 is 9.47 Å². The Kier molecular flexibility index (Phi) is 7.10. The largest absolute Gasteiger partial charge is 0.497 e. The second-order valence-electron chi connectivity index (χ2n) is 5.19. The van der Waals surface area contributed by atoms with Crippen molar-refractivity contribution in [1.82, 2.24) is 0 Å². The third-order valence-corrected chi connectivity index (χ3v) is 3.45. The van der Waals surface area contributed by atoms with E-state index in [1.54, 1.807) is 7.11 Å². The molecule has 0 fully saturated rings. The van der Waals surface area contributed by atoms with E-state index in [9.17, 15) is 0 Å². The highest BCUT2D eigenvalue weighted by Crippen LogP contribution is 2.13. The molecule has 0 aliphatic carbocycles. The number of para-hydroxylation sites is 1. The molecule has 2 rings (SSSR count). The van der Waals surface area contributed by atoms with Crippen molar-refractivity contribution in [2.45, 2.75) is 25.7 Å². The van der Waals surface area contributed by atoms with Crippen LogP contribution in [0.1, 0.15) is 31.2 Å². The Labute approximate surface area is 133 Å². The average Bonchev–Trinajstić information content (AvgIpc) is 2.59. The number of allylic oxidation sites excluding steroid dienone is 1. The van der Waals surface area contributed by atoms with Gasteiger partial charge in [0.05, 0.1) is 13.7 Å². The minimum absolute atomic E-state index is 0.798. The van der Waals surface area contributed by atoms with Gasteiger partial charge in [0.1, 0.15) is 11.5 Å². The zero-order valence-electron chi connectivity index (χ0n) is 13.2. The van der Waals surface area contributed by atoms with E-state index in [0.29, 0.717) is 0 Å². The highest BCUT2D eigenvalue weighted by atomic mass is 16.5. The Balaban J connectivity index is 1.54. The Morgan fingerprint density at radius 1 is 0.818 bits per heavy atom. The first kappa shape index (κ1) is 16.2. The zero-order valence-corrected chi connectivity index (χ0v) is 13.2. The zero-order chi connectivity index (χ0) is 15.5. The van der Waals surface area contributed by atoms with E-state index >= 15 is 0 Å². The number of methoxy groups -OCH3 is 1. The minimum Gasteiger partial charge on any atom is -0.497 e. The predicted octanol–water partition coefficient (Wildman–Crippen LogP) is 5.35. The van der Waals surface area contributed by atoms with Gasteiger partial charge in [0.15, 0.2) is 0 Å². The van der Waals surface area contributed by atoms with Crippen molar-refractivity contribution in [3.8, 4) is 11.5 Å². The van der Waals surface area contributed by atoms with Gasteiger partial charge in [-0.25, -0.2) is 0 Å². The first-order valence-electron chi connectivity index (χ1n) is 7.87. The van der Waals surface area contributed by atoms with Crippen LogP contribution >= 0.6 is 0 Å². The first-order valence-corrected chi connectivity index (χ1v) is 7.87. The van der Waals surface area contributed by atoms with Crippen LogP contribution in [0.25, 0.3) is 6.08 Å². The topological polar surface area (TPSA) is 18.5 Å². The summed E-state index contributed by atoms with van der Waals surface area (Å²) in [5.74, 6) is 1.86. The Morgan fingerprint density at radius 2 is 1.59 bits per heavy atom. The Morgan fingerprint density at radius 3 is 2.32 bits per heavy atom. The highest BCUT2D eigenvalue weighted by Gasteiger charge is 1.93. The van der Waals surface area contributed by atoms with Crippen LogP contribution in [0.5, 0.6) is 11.5 Å². The molecule has 22 heavy (non-hydrogen) atoms.